The average molecular weight is 300 g/mol. The molecule has 0 saturated carbocycles. The maximum atomic E-state index is 10.3. The van der Waals surface area contributed by atoms with Gasteiger partial charge in [0.05, 0.1) is 6.10 Å². The average Bonchev–Trinajstić information content (AvgIpc) is 2.50. The molecule has 0 amide bonds. The number of hydrogen-bond donors (Lipinski definition) is 2. The predicted molar refractivity (Wildman–Crippen MR) is 94.5 cm³/mol. The Morgan fingerprint density at radius 1 is 0.667 bits per heavy atom. The van der Waals surface area contributed by atoms with E-state index in [1.54, 1.807) is 0 Å². The summed E-state index contributed by atoms with van der Waals surface area (Å²) in [5.74, 6) is 0.326. The fourth-order valence-electron chi connectivity index (χ4n) is 3.02. The Labute approximate surface area is 133 Å². The molecule has 2 nitrogen and oxygen atoms in total. The first kappa shape index (κ1) is 20.9. The van der Waals surface area contributed by atoms with E-state index in [9.17, 15) is 5.11 Å². The molecule has 0 fully saturated rings. The SMILES string of the molecule is CCCCCCCCC(O)C(CN)CCCCCCCC. The summed E-state index contributed by atoms with van der Waals surface area (Å²) in [5, 5.41) is 10.3. The lowest BCUT2D eigenvalue weighted by atomic mass is 9.91. The highest BCUT2D eigenvalue weighted by Gasteiger charge is 2.16. The van der Waals surface area contributed by atoms with E-state index in [1.807, 2.05) is 0 Å². The van der Waals surface area contributed by atoms with E-state index >= 15 is 0 Å². The highest BCUT2D eigenvalue weighted by Crippen LogP contribution is 2.19. The molecule has 0 heterocycles. The van der Waals surface area contributed by atoms with Crippen LogP contribution in [0, 0.1) is 5.92 Å². The van der Waals surface area contributed by atoms with Crippen molar-refractivity contribution >= 4 is 0 Å². The number of rotatable bonds is 16. The van der Waals surface area contributed by atoms with Crippen molar-refractivity contribution in [1.29, 1.82) is 0 Å². The fourth-order valence-corrected chi connectivity index (χ4v) is 3.02. The third-order valence-corrected chi connectivity index (χ3v) is 4.63. The minimum absolute atomic E-state index is 0.170. The monoisotopic (exact) mass is 299 g/mol. The second-order valence-corrected chi connectivity index (χ2v) is 6.68. The molecule has 0 saturated heterocycles. The molecule has 0 aliphatic carbocycles. The van der Waals surface area contributed by atoms with Gasteiger partial charge in [-0.2, -0.15) is 0 Å². The lowest BCUT2D eigenvalue weighted by Gasteiger charge is -2.21. The van der Waals surface area contributed by atoms with Crippen LogP contribution in [0.5, 0.6) is 0 Å². The van der Waals surface area contributed by atoms with E-state index in [4.69, 9.17) is 5.73 Å². The van der Waals surface area contributed by atoms with Crippen molar-refractivity contribution in [3.8, 4) is 0 Å². The number of aliphatic hydroxyl groups is 1. The summed E-state index contributed by atoms with van der Waals surface area (Å²) in [4.78, 5) is 0. The molecular formula is C19H41NO. The normalized spacial score (nSPS) is 14.3. The number of aliphatic hydroxyl groups excluding tert-OH is 1. The lowest BCUT2D eigenvalue weighted by Crippen LogP contribution is -2.27. The molecule has 3 N–H and O–H groups in total. The van der Waals surface area contributed by atoms with E-state index in [1.165, 1.54) is 70.6 Å². The predicted octanol–water partition coefficient (Wildman–Crippen LogP) is 5.42. The quantitative estimate of drug-likeness (QED) is 0.374. The summed E-state index contributed by atoms with van der Waals surface area (Å²) in [6.07, 6.45) is 17.6. The summed E-state index contributed by atoms with van der Waals surface area (Å²) >= 11 is 0. The van der Waals surface area contributed by atoms with Crippen molar-refractivity contribution in [3.63, 3.8) is 0 Å². The molecule has 0 aromatic rings. The fraction of sp³-hybridized carbons (Fsp3) is 1.00. The van der Waals surface area contributed by atoms with Crippen molar-refractivity contribution < 1.29 is 5.11 Å². The zero-order valence-electron chi connectivity index (χ0n) is 14.8. The largest absolute Gasteiger partial charge is 0.393 e. The second-order valence-electron chi connectivity index (χ2n) is 6.68. The minimum atomic E-state index is -0.170. The molecule has 2 atom stereocenters. The van der Waals surface area contributed by atoms with E-state index in [0.717, 1.165) is 19.3 Å². The van der Waals surface area contributed by atoms with E-state index in [0.29, 0.717) is 12.5 Å². The van der Waals surface area contributed by atoms with Crippen LogP contribution in [0.25, 0.3) is 0 Å². The maximum Gasteiger partial charge on any atom is 0.0580 e. The van der Waals surface area contributed by atoms with Gasteiger partial charge >= 0.3 is 0 Å². The second kappa shape index (κ2) is 16.3. The minimum Gasteiger partial charge on any atom is -0.393 e. The molecule has 2 heteroatoms. The summed E-state index contributed by atoms with van der Waals surface area (Å²) in [5.41, 5.74) is 5.85. The topological polar surface area (TPSA) is 46.2 Å². The molecule has 2 unspecified atom stereocenters. The molecule has 0 rings (SSSR count). The van der Waals surface area contributed by atoms with Gasteiger partial charge in [-0.1, -0.05) is 90.9 Å². The first-order valence-corrected chi connectivity index (χ1v) is 9.64. The van der Waals surface area contributed by atoms with Crippen molar-refractivity contribution in [2.45, 2.75) is 110 Å². The van der Waals surface area contributed by atoms with Gasteiger partial charge in [-0.25, -0.2) is 0 Å². The summed E-state index contributed by atoms with van der Waals surface area (Å²) in [6.45, 7) is 5.15. The molecule has 0 spiro atoms. The molecule has 0 aromatic heterocycles. The zero-order chi connectivity index (χ0) is 15.8. The first-order chi connectivity index (χ1) is 10.3. The van der Waals surface area contributed by atoms with Crippen LogP contribution in [0.15, 0.2) is 0 Å². The number of nitrogens with two attached hydrogens (primary N) is 1. The van der Waals surface area contributed by atoms with Gasteiger partial charge in [0, 0.05) is 0 Å². The van der Waals surface area contributed by atoms with E-state index in [-0.39, 0.29) is 6.10 Å². The molecular weight excluding hydrogens is 258 g/mol. The van der Waals surface area contributed by atoms with Crippen molar-refractivity contribution in [2.75, 3.05) is 6.54 Å². The van der Waals surface area contributed by atoms with Crippen LogP contribution in [0.2, 0.25) is 0 Å². The standard InChI is InChI=1S/C19H41NO/c1-3-5-7-9-11-13-15-18(17-20)19(21)16-14-12-10-8-6-4-2/h18-19,21H,3-17,20H2,1-2H3. The van der Waals surface area contributed by atoms with Crippen molar-refractivity contribution in [2.24, 2.45) is 11.7 Å². The zero-order valence-corrected chi connectivity index (χ0v) is 14.8. The highest BCUT2D eigenvalue weighted by molar-refractivity contribution is 4.70. The van der Waals surface area contributed by atoms with Crippen LogP contribution >= 0.6 is 0 Å². The molecule has 21 heavy (non-hydrogen) atoms. The number of hydrogen-bond acceptors (Lipinski definition) is 2. The third-order valence-electron chi connectivity index (χ3n) is 4.63. The van der Waals surface area contributed by atoms with Gasteiger partial charge in [0.2, 0.25) is 0 Å². The van der Waals surface area contributed by atoms with Crippen LogP contribution in [0.3, 0.4) is 0 Å². The van der Waals surface area contributed by atoms with Crippen LogP contribution in [-0.2, 0) is 0 Å². The van der Waals surface area contributed by atoms with Crippen LogP contribution < -0.4 is 5.73 Å². The van der Waals surface area contributed by atoms with Crippen LogP contribution in [-0.4, -0.2) is 17.8 Å². The van der Waals surface area contributed by atoms with Gasteiger partial charge in [-0.05, 0) is 25.3 Å². The highest BCUT2D eigenvalue weighted by atomic mass is 16.3. The number of unbranched alkanes of at least 4 members (excludes halogenated alkanes) is 10. The van der Waals surface area contributed by atoms with Gasteiger partial charge < -0.3 is 10.8 Å². The molecule has 0 aliphatic rings. The maximum absolute atomic E-state index is 10.3. The Morgan fingerprint density at radius 2 is 1.10 bits per heavy atom. The lowest BCUT2D eigenvalue weighted by molar-refractivity contribution is 0.0934. The Bertz CT molecular complexity index is 196. The van der Waals surface area contributed by atoms with Gasteiger partial charge in [-0.15, -0.1) is 0 Å². The van der Waals surface area contributed by atoms with E-state index < -0.39 is 0 Å². The Hall–Kier alpha value is -0.0800. The molecule has 0 radical (unpaired) electrons. The van der Waals surface area contributed by atoms with Gasteiger partial charge in [0.25, 0.3) is 0 Å². The molecule has 0 aromatic carbocycles. The van der Waals surface area contributed by atoms with Crippen LogP contribution in [0.1, 0.15) is 104 Å². The smallest absolute Gasteiger partial charge is 0.0580 e. The van der Waals surface area contributed by atoms with Crippen molar-refractivity contribution in [1.82, 2.24) is 0 Å². The van der Waals surface area contributed by atoms with Crippen molar-refractivity contribution in [3.05, 3.63) is 0 Å². The summed E-state index contributed by atoms with van der Waals surface area (Å²) in [7, 11) is 0. The Morgan fingerprint density at radius 3 is 1.57 bits per heavy atom. The Kier molecular flexibility index (Phi) is 16.2. The third kappa shape index (κ3) is 13.3. The molecule has 128 valence electrons. The van der Waals surface area contributed by atoms with Gasteiger partial charge in [0.1, 0.15) is 0 Å². The molecule has 0 bridgehead atoms. The van der Waals surface area contributed by atoms with Crippen LogP contribution in [0.4, 0.5) is 0 Å². The Balaban J connectivity index is 3.54. The van der Waals surface area contributed by atoms with Gasteiger partial charge in [0.15, 0.2) is 0 Å². The van der Waals surface area contributed by atoms with E-state index in [2.05, 4.69) is 13.8 Å². The van der Waals surface area contributed by atoms with Gasteiger partial charge in [-0.3, -0.25) is 0 Å². The first-order valence-electron chi connectivity index (χ1n) is 9.64. The summed E-state index contributed by atoms with van der Waals surface area (Å²) in [6, 6.07) is 0. The summed E-state index contributed by atoms with van der Waals surface area (Å²) < 4.78 is 0. The molecule has 0 aliphatic heterocycles.